The molecule has 1 aromatic rings. The predicted molar refractivity (Wildman–Crippen MR) is 74.7 cm³/mol. The monoisotopic (exact) mass is 298 g/mol. The molecule has 0 saturated carbocycles. The molecule has 0 amide bonds. The number of benzene rings is 1. The lowest BCUT2D eigenvalue weighted by atomic mass is 9.94. The molecule has 0 aliphatic carbocycles. The molecule has 4 heteroatoms. The first kappa shape index (κ1) is 12.7. The van der Waals surface area contributed by atoms with Gasteiger partial charge in [-0.1, -0.05) is 22.9 Å². The van der Waals surface area contributed by atoms with Crippen LogP contribution in [-0.2, 0) is 0 Å². The first-order chi connectivity index (χ1) is 8.10. The zero-order valence-electron chi connectivity index (χ0n) is 10.3. The Hall–Kier alpha value is -0.740. The highest BCUT2D eigenvalue weighted by atomic mass is 79.9. The minimum absolute atomic E-state index is 0.334. The summed E-state index contributed by atoms with van der Waals surface area (Å²) in [6.45, 7) is 4.25. The topological polar surface area (TPSA) is 38.5 Å². The molecule has 2 unspecified atom stereocenters. The molecule has 2 N–H and O–H groups in total. The summed E-state index contributed by atoms with van der Waals surface area (Å²) in [4.78, 5) is 2.38. The zero-order valence-corrected chi connectivity index (χ0v) is 11.9. The van der Waals surface area contributed by atoms with Crippen molar-refractivity contribution < 1.29 is 4.74 Å². The van der Waals surface area contributed by atoms with E-state index in [1.54, 1.807) is 7.11 Å². The average molecular weight is 299 g/mol. The number of nitrogens with two attached hydrogens (primary N) is 1. The fourth-order valence-electron chi connectivity index (χ4n) is 2.25. The number of rotatable bonds is 2. The number of hydrogen-bond donors (Lipinski definition) is 1. The quantitative estimate of drug-likeness (QED) is 0.912. The van der Waals surface area contributed by atoms with Gasteiger partial charge in [-0.15, -0.1) is 0 Å². The van der Waals surface area contributed by atoms with Gasteiger partial charge in [-0.3, -0.25) is 0 Å². The normalized spacial score (nSPS) is 24.8. The summed E-state index contributed by atoms with van der Waals surface area (Å²) in [7, 11) is 1.69. The molecule has 1 aliphatic rings. The van der Waals surface area contributed by atoms with E-state index in [0.717, 1.165) is 29.7 Å². The summed E-state index contributed by atoms with van der Waals surface area (Å²) in [5, 5.41) is 0. The van der Waals surface area contributed by atoms with E-state index >= 15 is 0 Å². The highest BCUT2D eigenvalue weighted by molar-refractivity contribution is 9.10. The fourth-order valence-corrected chi connectivity index (χ4v) is 2.71. The van der Waals surface area contributed by atoms with Gasteiger partial charge >= 0.3 is 0 Å². The SMILES string of the molecule is COc1cc(Br)cc(N2CCC(N)C(C)C2)c1. The minimum atomic E-state index is 0.334. The van der Waals surface area contributed by atoms with E-state index in [1.807, 2.05) is 6.07 Å². The van der Waals surface area contributed by atoms with Crippen molar-refractivity contribution in [2.45, 2.75) is 19.4 Å². The number of ether oxygens (including phenoxy) is 1. The molecule has 2 atom stereocenters. The van der Waals surface area contributed by atoms with Crippen molar-refractivity contribution in [3.8, 4) is 5.75 Å². The van der Waals surface area contributed by atoms with Gasteiger partial charge in [0.25, 0.3) is 0 Å². The largest absolute Gasteiger partial charge is 0.497 e. The van der Waals surface area contributed by atoms with E-state index < -0.39 is 0 Å². The van der Waals surface area contributed by atoms with Crippen LogP contribution in [0.15, 0.2) is 22.7 Å². The van der Waals surface area contributed by atoms with Crippen LogP contribution in [0.5, 0.6) is 5.75 Å². The van der Waals surface area contributed by atoms with Crippen LogP contribution in [0.3, 0.4) is 0 Å². The Balaban J connectivity index is 2.19. The number of methoxy groups -OCH3 is 1. The fraction of sp³-hybridized carbons (Fsp3) is 0.538. The van der Waals surface area contributed by atoms with Crippen molar-refractivity contribution in [2.75, 3.05) is 25.1 Å². The highest BCUT2D eigenvalue weighted by Gasteiger charge is 2.23. The van der Waals surface area contributed by atoms with Crippen molar-refractivity contribution >= 4 is 21.6 Å². The maximum absolute atomic E-state index is 6.04. The Kier molecular flexibility index (Phi) is 3.94. The number of anilines is 1. The lowest BCUT2D eigenvalue weighted by Gasteiger charge is -2.36. The number of hydrogen-bond acceptors (Lipinski definition) is 3. The molecule has 1 saturated heterocycles. The summed E-state index contributed by atoms with van der Waals surface area (Å²) in [6, 6.07) is 6.52. The Morgan fingerprint density at radius 3 is 2.82 bits per heavy atom. The standard InChI is InChI=1S/C13H19BrN2O/c1-9-8-16(4-3-13(9)15)11-5-10(14)6-12(7-11)17-2/h5-7,9,13H,3-4,8,15H2,1-2H3. The molecule has 94 valence electrons. The second-order valence-electron chi connectivity index (χ2n) is 4.73. The maximum atomic E-state index is 6.04. The van der Waals surface area contributed by atoms with Gasteiger partial charge in [0.15, 0.2) is 0 Å². The van der Waals surface area contributed by atoms with Gasteiger partial charge in [-0.2, -0.15) is 0 Å². The summed E-state index contributed by atoms with van der Waals surface area (Å²) in [6.07, 6.45) is 1.05. The Bertz CT molecular complexity index is 397. The van der Waals surface area contributed by atoms with Crippen LogP contribution in [0.1, 0.15) is 13.3 Å². The predicted octanol–water partition coefficient (Wildman–Crippen LogP) is 2.63. The molecule has 0 bridgehead atoms. The molecule has 1 fully saturated rings. The van der Waals surface area contributed by atoms with Gasteiger partial charge in [0.05, 0.1) is 7.11 Å². The zero-order chi connectivity index (χ0) is 12.4. The van der Waals surface area contributed by atoms with E-state index in [9.17, 15) is 0 Å². The number of nitrogens with zero attached hydrogens (tertiary/aromatic N) is 1. The van der Waals surface area contributed by atoms with Crippen LogP contribution in [0.25, 0.3) is 0 Å². The first-order valence-corrected chi connectivity index (χ1v) is 6.74. The van der Waals surface area contributed by atoms with Crippen molar-refractivity contribution in [2.24, 2.45) is 11.7 Å². The highest BCUT2D eigenvalue weighted by Crippen LogP contribution is 2.29. The van der Waals surface area contributed by atoms with E-state index in [-0.39, 0.29) is 0 Å². The number of halogens is 1. The number of piperidine rings is 1. The van der Waals surface area contributed by atoms with E-state index in [2.05, 4.69) is 39.9 Å². The molecule has 0 spiro atoms. The van der Waals surface area contributed by atoms with Gasteiger partial charge < -0.3 is 15.4 Å². The molecular formula is C13H19BrN2O. The minimum Gasteiger partial charge on any atom is -0.497 e. The van der Waals surface area contributed by atoms with E-state index in [4.69, 9.17) is 10.5 Å². The lowest BCUT2D eigenvalue weighted by Crippen LogP contribution is -2.45. The van der Waals surface area contributed by atoms with Crippen molar-refractivity contribution in [1.82, 2.24) is 0 Å². The summed E-state index contributed by atoms with van der Waals surface area (Å²) in [5.41, 5.74) is 7.25. The molecule has 0 aromatic heterocycles. The molecule has 2 rings (SSSR count). The Morgan fingerprint density at radius 2 is 2.18 bits per heavy atom. The van der Waals surface area contributed by atoms with E-state index in [1.165, 1.54) is 5.69 Å². The Labute approximate surface area is 111 Å². The van der Waals surface area contributed by atoms with Gasteiger partial charge in [0, 0.05) is 35.4 Å². The van der Waals surface area contributed by atoms with Crippen LogP contribution in [-0.4, -0.2) is 26.2 Å². The van der Waals surface area contributed by atoms with E-state index in [0.29, 0.717) is 12.0 Å². The molecule has 17 heavy (non-hydrogen) atoms. The second kappa shape index (κ2) is 5.27. The average Bonchev–Trinajstić information content (AvgIpc) is 2.32. The van der Waals surface area contributed by atoms with Crippen LogP contribution in [0, 0.1) is 5.92 Å². The van der Waals surface area contributed by atoms with Crippen molar-refractivity contribution in [3.63, 3.8) is 0 Å². The summed E-state index contributed by atoms with van der Waals surface area (Å²) >= 11 is 3.52. The third-order valence-corrected chi connectivity index (χ3v) is 3.89. The van der Waals surface area contributed by atoms with Crippen LogP contribution in [0.2, 0.25) is 0 Å². The summed E-state index contributed by atoms with van der Waals surface area (Å²) in [5.74, 6) is 1.42. The van der Waals surface area contributed by atoms with Crippen molar-refractivity contribution in [3.05, 3.63) is 22.7 Å². The molecule has 0 radical (unpaired) electrons. The molecule has 3 nitrogen and oxygen atoms in total. The third kappa shape index (κ3) is 2.93. The van der Waals surface area contributed by atoms with Crippen molar-refractivity contribution in [1.29, 1.82) is 0 Å². The summed E-state index contributed by atoms with van der Waals surface area (Å²) < 4.78 is 6.34. The molecule has 1 heterocycles. The lowest BCUT2D eigenvalue weighted by molar-refractivity contribution is 0.382. The van der Waals surface area contributed by atoms with Crippen LogP contribution >= 0.6 is 15.9 Å². The van der Waals surface area contributed by atoms with Gasteiger partial charge in [0.2, 0.25) is 0 Å². The molecule has 1 aliphatic heterocycles. The van der Waals surface area contributed by atoms with Crippen LogP contribution < -0.4 is 15.4 Å². The molecular weight excluding hydrogens is 280 g/mol. The van der Waals surface area contributed by atoms with Gasteiger partial charge in [0.1, 0.15) is 5.75 Å². The third-order valence-electron chi connectivity index (χ3n) is 3.43. The smallest absolute Gasteiger partial charge is 0.122 e. The second-order valence-corrected chi connectivity index (χ2v) is 5.64. The maximum Gasteiger partial charge on any atom is 0.122 e. The van der Waals surface area contributed by atoms with Gasteiger partial charge in [-0.05, 0) is 24.5 Å². The Morgan fingerprint density at radius 1 is 1.41 bits per heavy atom. The van der Waals surface area contributed by atoms with Crippen LogP contribution in [0.4, 0.5) is 5.69 Å². The first-order valence-electron chi connectivity index (χ1n) is 5.95. The van der Waals surface area contributed by atoms with Gasteiger partial charge in [-0.25, -0.2) is 0 Å². The molecule has 1 aromatic carbocycles.